The van der Waals surface area contributed by atoms with Gasteiger partial charge in [-0.05, 0) is 12.5 Å². The molecule has 0 saturated carbocycles. The third-order valence-corrected chi connectivity index (χ3v) is 2.77. The third-order valence-electron chi connectivity index (χ3n) is 2.77. The zero-order valence-corrected chi connectivity index (χ0v) is 9.89. The minimum Gasteiger partial charge on any atom is -0.457 e. The fourth-order valence-corrected chi connectivity index (χ4v) is 1.77. The van der Waals surface area contributed by atoms with E-state index in [1.807, 2.05) is 37.3 Å². The van der Waals surface area contributed by atoms with Crippen LogP contribution in [0.25, 0.3) is 0 Å². The number of ether oxygens (including phenoxy) is 2. The molecule has 0 radical (unpaired) electrons. The lowest BCUT2D eigenvalue weighted by molar-refractivity contribution is -0.154. The van der Waals surface area contributed by atoms with E-state index in [0.29, 0.717) is 19.8 Å². The molecule has 1 fully saturated rings. The van der Waals surface area contributed by atoms with Crippen molar-refractivity contribution in [2.75, 3.05) is 19.8 Å². The molecule has 17 heavy (non-hydrogen) atoms. The molecule has 1 aliphatic rings. The minimum atomic E-state index is -0.338. The molecule has 4 nitrogen and oxygen atoms in total. The van der Waals surface area contributed by atoms with E-state index < -0.39 is 0 Å². The number of carbonyl (C=O) groups excluding carboxylic acids is 1. The summed E-state index contributed by atoms with van der Waals surface area (Å²) in [5.74, 6) is -0.249. The monoisotopic (exact) mass is 235 g/mol. The van der Waals surface area contributed by atoms with Crippen molar-refractivity contribution in [2.45, 2.75) is 19.1 Å². The summed E-state index contributed by atoms with van der Waals surface area (Å²) in [6, 6.07) is 9.36. The van der Waals surface area contributed by atoms with Crippen molar-refractivity contribution in [3.05, 3.63) is 35.9 Å². The summed E-state index contributed by atoms with van der Waals surface area (Å²) in [5.41, 5.74) is 0.998. The van der Waals surface area contributed by atoms with E-state index in [0.717, 1.165) is 5.56 Å². The Morgan fingerprint density at radius 2 is 2.24 bits per heavy atom. The van der Waals surface area contributed by atoms with Crippen LogP contribution in [0.4, 0.5) is 0 Å². The maximum absolute atomic E-state index is 11.8. The molecule has 1 aromatic carbocycles. The molecule has 0 amide bonds. The number of carbonyl (C=O) groups is 1. The fraction of sp³-hybridized carbons (Fsp3) is 0.462. The van der Waals surface area contributed by atoms with Gasteiger partial charge < -0.3 is 14.8 Å². The lowest BCUT2D eigenvalue weighted by Gasteiger charge is -2.24. The average molecular weight is 235 g/mol. The number of rotatable bonds is 3. The van der Waals surface area contributed by atoms with Crippen molar-refractivity contribution in [3.63, 3.8) is 0 Å². The van der Waals surface area contributed by atoms with Gasteiger partial charge in [0, 0.05) is 6.54 Å². The molecule has 0 aliphatic carbocycles. The first-order valence-corrected chi connectivity index (χ1v) is 5.84. The zero-order valence-electron chi connectivity index (χ0n) is 9.89. The van der Waals surface area contributed by atoms with E-state index in [1.165, 1.54) is 0 Å². The maximum Gasteiger partial charge on any atom is 0.326 e. The second kappa shape index (κ2) is 5.80. The van der Waals surface area contributed by atoms with Gasteiger partial charge in [-0.3, -0.25) is 4.79 Å². The highest BCUT2D eigenvalue weighted by Crippen LogP contribution is 2.16. The van der Waals surface area contributed by atoms with Crippen molar-refractivity contribution in [1.82, 2.24) is 5.32 Å². The Morgan fingerprint density at radius 1 is 1.47 bits per heavy atom. The molecule has 1 aromatic rings. The number of hydrogen-bond acceptors (Lipinski definition) is 4. The Labute approximate surface area is 101 Å². The quantitative estimate of drug-likeness (QED) is 0.802. The molecule has 1 saturated heterocycles. The van der Waals surface area contributed by atoms with Crippen molar-refractivity contribution in [2.24, 2.45) is 0 Å². The molecular formula is C13H17NO3. The smallest absolute Gasteiger partial charge is 0.326 e. The number of hydrogen-bond donors (Lipinski definition) is 1. The largest absolute Gasteiger partial charge is 0.457 e. The Hall–Kier alpha value is -1.39. The molecular weight excluding hydrogens is 218 g/mol. The molecule has 1 aliphatic heterocycles. The van der Waals surface area contributed by atoms with Crippen molar-refractivity contribution in [1.29, 1.82) is 0 Å². The predicted octanol–water partition coefficient (Wildman–Crippen LogP) is 1.28. The second-order valence-electron chi connectivity index (χ2n) is 4.07. The summed E-state index contributed by atoms with van der Waals surface area (Å²) in [6.07, 6.45) is -0.229. The Kier molecular flexibility index (Phi) is 4.12. The van der Waals surface area contributed by atoms with E-state index in [4.69, 9.17) is 9.47 Å². The van der Waals surface area contributed by atoms with Gasteiger partial charge >= 0.3 is 5.97 Å². The van der Waals surface area contributed by atoms with Crippen LogP contribution in [0.5, 0.6) is 0 Å². The van der Waals surface area contributed by atoms with Gasteiger partial charge in [0.2, 0.25) is 0 Å². The second-order valence-corrected chi connectivity index (χ2v) is 4.07. The molecule has 1 N–H and O–H groups in total. The Balaban J connectivity index is 1.89. The summed E-state index contributed by atoms with van der Waals surface area (Å²) < 4.78 is 10.6. The van der Waals surface area contributed by atoms with Crippen molar-refractivity contribution >= 4 is 5.97 Å². The lowest BCUT2D eigenvalue weighted by atomic mass is 10.1. The number of morpholine rings is 1. The Bertz CT molecular complexity index is 360. The highest BCUT2D eigenvalue weighted by molar-refractivity contribution is 5.76. The summed E-state index contributed by atoms with van der Waals surface area (Å²) in [6.45, 7) is 3.61. The van der Waals surface area contributed by atoms with Gasteiger partial charge in [-0.25, -0.2) is 0 Å². The zero-order chi connectivity index (χ0) is 12.1. The van der Waals surface area contributed by atoms with E-state index in [1.54, 1.807) is 0 Å². The number of benzene rings is 1. The van der Waals surface area contributed by atoms with Crippen LogP contribution in [0.2, 0.25) is 0 Å². The van der Waals surface area contributed by atoms with Gasteiger partial charge in [0.05, 0.1) is 13.2 Å². The minimum absolute atomic E-state index is 0.229. The van der Waals surface area contributed by atoms with Gasteiger partial charge in [-0.15, -0.1) is 0 Å². The normalized spacial score (nSPS) is 21.8. The van der Waals surface area contributed by atoms with Crippen LogP contribution in [0.3, 0.4) is 0 Å². The number of nitrogens with one attached hydrogen (secondary N) is 1. The third kappa shape index (κ3) is 3.28. The van der Waals surface area contributed by atoms with E-state index in [-0.39, 0.29) is 18.1 Å². The summed E-state index contributed by atoms with van der Waals surface area (Å²) in [4.78, 5) is 11.8. The molecule has 0 spiro atoms. The molecule has 4 heteroatoms. The van der Waals surface area contributed by atoms with Crippen LogP contribution in [-0.4, -0.2) is 31.8 Å². The van der Waals surface area contributed by atoms with Crippen molar-refractivity contribution in [3.8, 4) is 0 Å². The van der Waals surface area contributed by atoms with Crippen LogP contribution in [0.1, 0.15) is 18.6 Å². The first-order valence-electron chi connectivity index (χ1n) is 5.84. The molecule has 0 aromatic heterocycles. The van der Waals surface area contributed by atoms with Gasteiger partial charge in [0.25, 0.3) is 0 Å². The molecule has 2 rings (SSSR count). The van der Waals surface area contributed by atoms with Crippen LogP contribution in [0.15, 0.2) is 30.3 Å². The van der Waals surface area contributed by atoms with E-state index >= 15 is 0 Å². The molecule has 2 unspecified atom stereocenters. The highest BCUT2D eigenvalue weighted by atomic mass is 16.5. The van der Waals surface area contributed by atoms with Crippen LogP contribution in [0, 0.1) is 0 Å². The molecule has 2 atom stereocenters. The topological polar surface area (TPSA) is 47.6 Å². The van der Waals surface area contributed by atoms with Gasteiger partial charge in [-0.2, -0.15) is 0 Å². The summed E-state index contributed by atoms with van der Waals surface area (Å²) in [5, 5.41) is 3.08. The number of esters is 1. The van der Waals surface area contributed by atoms with Crippen molar-refractivity contribution < 1.29 is 14.3 Å². The molecule has 0 bridgehead atoms. The van der Waals surface area contributed by atoms with Gasteiger partial charge in [-0.1, -0.05) is 30.3 Å². The van der Waals surface area contributed by atoms with Crippen LogP contribution < -0.4 is 5.32 Å². The fourth-order valence-electron chi connectivity index (χ4n) is 1.77. The van der Waals surface area contributed by atoms with E-state index in [2.05, 4.69) is 5.32 Å². The average Bonchev–Trinajstić information content (AvgIpc) is 2.40. The molecule has 1 heterocycles. The standard InChI is InChI=1S/C13H17NO3/c1-10(11-5-3-2-4-6-11)17-13(15)12-9-16-8-7-14-12/h2-6,10,12,14H,7-9H2,1H3. The summed E-state index contributed by atoms with van der Waals surface area (Å²) >= 11 is 0. The maximum atomic E-state index is 11.8. The first-order chi connectivity index (χ1) is 8.27. The SMILES string of the molecule is CC(OC(=O)C1COCCN1)c1ccccc1. The van der Waals surface area contributed by atoms with Crippen LogP contribution in [-0.2, 0) is 14.3 Å². The predicted molar refractivity (Wildman–Crippen MR) is 63.6 cm³/mol. The summed E-state index contributed by atoms with van der Waals surface area (Å²) in [7, 11) is 0. The van der Waals surface area contributed by atoms with Crippen LogP contribution >= 0.6 is 0 Å². The molecule has 92 valence electrons. The highest BCUT2D eigenvalue weighted by Gasteiger charge is 2.24. The van der Waals surface area contributed by atoms with Gasteiger partial charge in [0.15, 0.2) is 0 Å². The Morgan fingerprint density at radius 3 is 2.88 bits per heavy atom. The first kappa shape index (κ1) is 12.1. The van der Waals surface area contributed by atoms with E-state index in [9.17, 15) is 4.79 Å². The lowest BCUT2D eigenvalue weighted by Crippen LogP contribution is -2.47. The van der Waals surface area contributed by atoms with Gasteiger partial charge in [0.1, 0.15) is 12.1 Å².